The second-order valence-electron chi connectivity index (χ2n) is 4.49. The third-order valence-corrected chi connectivity index (χ3v) is 4.95. The molecule has 1 aromatic rings. The van der Waals surface area contributed by atoms with Gasteiger partial charge in [0.1, 0.15) is 5.78 Å². The molecule has 92 valence electrons. The van der Waals surface area contributed by atoms with E-state index in [9.17, 15) is 4.79 Å². The molecule has 0 aromatic heterocycles. The van der Waals surface area contributed by atoms with E-state index in [0.29, 0.717) is 18.2 Å². The molecule has 0 amide bonds. The van der Waals surface area contributed by atoms with Crippen LogP contribution in [0.2, 0.25) is 0 Å². The molecule has 1 saturated heterocycles. The van der Waals surface area contributed by atoms with Crippen LogP contribution in [-0.2, 0) is 4.79 Å². The van der Waals surface area contributed by atoms with Gasteiger partial charge in [0.2, 0.25) is 0 Å². The quantitative estimate of drug-likeness (QED) is 0.616. The Hall–Kier alpha value is -0.320. The van der Waals surface area contributed by atoms with Crippen molar-refractivity contribution in [3.05, 3.63) is 29.8 Å². The highest BCUT2D eigenvalue weighted by Crippen LogP contribution is 2.30. The SMILES string of the molecule is Cc1ccc(SN2CC(Br)C(=O)CC2C)cc1. The Balaban J connectivity index is 2.03. The van der Waals surface area contributed by atoms with Crippen LogP contribution < -0.4 is 0 Å². The van der Waals surface area contributed by atoms with E-state index in [4.69, 9.17) is 0 Å². The first kappa shape index (κ1) is 13.1. The van der Waals surface area contributed by atoms with Crippen molar-refractivity contribution in [1.29, 1.82) is 0 Å². The highest BCUT2D eigenvalue weighted by molar-refractivity contribution is 9.10. The maximum Gasteiger partial charge on any atom is 0.149 e. The smallest absolute Gasteiger partial charge is 0.149 e. The Morgan fingerprint density at radius 1 is 1.35 bits per heavy atom. The zero-order valence-corrected chi connectivity index (χ0v) is 12.4. The van der Waals surface area contributed by atoms with Crippen LogP contribution in [0.15, 0.2) is 29.2 Å². The van der Waals surface area contributed by atoms with Crippen molar-refractivity contribution in [2.75, 3.05) is 6.54 Å². The van der Waals surface area contributed by atoms with Crippen molar-refractivity contribution >= 4 is 33.7 Å². The molecule has 0 N–H and O–H groups in total. The Morgan fingerprint density at radius 2 is 2.00 bits per heavy atom. The standard InChI is InChI=1S/C13H16BrNOS/c1-9-3-5-11(6-4-9)17-15-8-12(14)13(16)7-10(15)2/h3-6,10,12H,7-8H2,1-2H3. The van der Waals surface area contributed by atoms with Gasteiger partial charge in [-0.2, -0.15) is 0 Å². The van der Waals surface area contributed by atoms with Gasteiger partial charge >= 0.3 is 0 Å². The number of aryl methyl sites for hydroxylation is 1. The fourth-order valence-corrected chi connectivity index (χ4v) is 3.52. The lowest BCUT2D eigenvalue weighted by Crippen LogP contribution is -2.43. The van der Waals surface area contributed by atoms with Crippen LogP contribution in [-0.4, -0.2) is 27.5 Å². The van der Waals surface area contributed by atoms with Crippen molar-refractivity contribution in [1.82, 2.24) is 4.31 Å². The Bertz CT molecular complexity index is 406. The minimum Gasteiger partial charge on any atom is -0.298 e. The molecule has 1 aliphatic heterocycles. The summed E-state index contributed by atoms with van der Waals surface area (Å²) in [6.45, 7) is 4.97. The van der Waals surface area contributed by atoms with Crippen molar-refractivity contribution in [2.45, 2.75) is 36.0 Å². The summed E-state index contributed by atoms with van der Waals surface area (Å²) < 4.78 is 2.28. The second-order valence-corrected chi connectivity index (χ2v) is 6.72. The Morgan fingerprint density at radius 3 is 2.65 bits per heavy atom. The average molecular weight is 314 g/mol. The normalized spacial score (nSPS) is 26.2. The number of carbonyl (C=O) groups excluding carboxylic acids is 1. The number of benzene rings is 1. The molecule has 4 heteroatoms. The lowest BCUT2D eigenvalue weighted by atomic mass is 10.1. The molecule has 2 unspecified atom stereocenters. The molecule has 0 saturated carbocycles. The fourth-order valence-electron chi connectivity index (χ4n) is 1.82. The number of hydrogen-bond acceptors (Lipinski definition) is 3. The molecular formula is C13H16BrNOS. The Labute approximate surface area is 115 Å². The lowest BCUT2D eigenvalue weighted by Gasteiger charge is -2.33. The van der Waals surface area contributed by atoms with E-state index in [1.54, 1.807) is 11.9 Å². The largest absolute Gasteiger partial charge is 0.298 e. The maximum absolute atomic E-state index is 11.6. The zero-order chi connectivity index (χ0) is 12.4. The van der Waals surface area contributed by atoms with Gasteiger partial charge in [-0.05, 0) is 37.9 Å². The predicted octanol–water partition coefficient (Wildman–Crippen LogP) is 3.43. The molecule has 1 aromatic carbocycles. The molecule has 0 radical (unpaired) electrons. The summed E-state index contributed by atoms with van der Waals surface area (Å²) in [6.07, 6.45) is 0.634. The van der Waals surface area contributed by atoms with Crippen molar-refractivity contribution in [3.8, 4) is 0 Å². The Kier molecular flexibility index (Phi) is 4.28. The van der Waals surface area contributed by atoms with E-state index >= 15 is 0 Å². The first-order valence-corrected chi connectivity index (χ1v) is 7.43. The molecule has 1 heterocycles. The number of rotatable bonds is 2. The number of ketones is 1. The summed E-state index contributed by atoms with van der Waals surface area (Å²) >= 11 is 5.18. The lowest BCUT2D eigenvalue weighted by molar-refractivity contribution is -0.120. The molecule has 0 bridgehead atoms. The van der Waals surface area contributed by atoms with Gasteiger partial charge in [0.25, 0.3) is 0 Å². The first-order valence-electron chi connectivity index (χ1n) is 5.74. The maximum atomic E-state index is 11.6. The van der Waals surface area contributed by atoms with Gasteiger partial charge in [0.15, 0.2) is 0 Å². The molecule has 2 atom stereocenters. The molecule has 0 aliphatic carbocycles. The van der Waals surface area contributed by atoms with Gasteiger partial charge in [-0.1, -0.05) is 33.6 Å². The number of Topliss-reactive ketones (excluding diaryl/α,β-unsaturated/α-hetero) is 1. The molecule has 1 fully saturated rings. The molecule has 0 spiro atoms. The number of halogens is 1. The number of piperidine rings is 1. The van der Waals surface area contributed by atoms with Gasteiger partial charge < -0.3 is 0 Å². The van der Waals surface area contributed by atoms with Crippen LogP contribution in [0, 0.1) is 6.92 Å². The van der Waals surface area contributed by atoms with E-state index in [-0.39, 0.29) is 4.83 Å². The summed E-state index contributed by atoms with van der Waals surface area (Å²) in [5, 5.41) is 0. The van der Waals surface area contributed by atoms with Gasteiger partial charge in [0.05, 0.1) is 4.83 Å². The van der Waals surface area contributed by atoms with Gasteiger partial charge in [0, 0.05) is 23.9 Å². The van der Waals surface area contributed by atoms with Crippen molar-refractivity contribution in [3.63, 3.8) is 0 Å². The predicted molar refractivity (Wildman–Crippen MR) is 75.5 cm³/mol. The number of carbonyl (C=O) groups is 1. The summed E-state index contributed by atoms with van der Waals surface area (Å²) in [4.78, 5) is 12.8. The van der Waals surface area contributed by atoms with E-state index in [1.807, 2.05) is 0 Å². The monoisotopic (exact) mass is 313 g/mol. The number of nitrogens with zero attached hydrogens (tertiary/aromatic N) is 1. The third kappa shape index (κ3) is 3.33. The summed E-state index contributed by atoms with van der Waals surface area (Å²) in [6, 6.07) is 8.81. The topological polar surface area (TPSA) is 20.3 Å². The molecular weight excluding hydrogens is 298 g/mol. The van der Waals surface area contributed by atoms with Crippen molar-refractivity contribution < 1.29 is 4.79 Å². The summed E-state index contributed by atoms with van der Waals surface area (Å²) in [7, 11) is 0. The molecule has 17 heavy (non-hydrogen) atoms. The van der Waals surface area contributed by atoms with E-state index in [2.05, 4.69) is 58.3 Å². The minimum atomic E-state index is -0.0170. The van der Waals surface area contributed by atoms with Gasteiger partial charge in [-0.3, -0.25) is 4.79 Å². The second kappa shape index (κ2) is 5.55. The van der Waals surface area contributed by atoms with Crippen LogP contribution in [0.3, 0.4) is 0 Å². The highest BCUT2D eigenvalue weighted by Gasteiger charge is 2.30. The van der Waals surface area contributed by atoms with E-state index in [0.717, 1.165) is 6.54 Å². The average Bonchev–Trinajstić information content (AvgIpc) is 2.29. The molecule has 2 rings (SSSR count). The molecule has 2 nitrogen and oxygen atoms in total. The van der Waals surface area contributed by atoms with Crippen LogP contribution in [0.1, 0.15) is 18.9 Å². The summed E-state index contributed by atoms with van der Waals surface area (Å²) in [5.41, 5.74) is 1.27. The highest BCUT2D eigenvalue weighted by atomic mass is 79.9. The zero-order valence-electron chi connectivity index (χ0n) is 10.0. The van der Waals surface area contributed by atoms with Gasteiger partial charge in [-0.25, -0.2) is 4.31 Å². The third-order valence-electron chi connectivity index (χ3n) is 2.92. The van der Waals surface area contributed by atoms with Crippen LogP contribution >= 0.6 is 27.9 Å². The summed E-state index contributed by atoms with van der Waals surface area (Å²) in [5.74, 6) is 0.318. The van der Waals surface area contributed by atoms with Crippen LogP contribution in [0.4, 0.5) is 0 Å². The number of alkyl halides is 1. The van der Waals surface area contributed by atoms with Crippen molar-refractivity contribution in [2.24, 2.45) is 0 Å². The molecule has 1 aliphatic rings. The van der Waals surface area contributed by atoms with Crippen LogP contribution in [0.25, 0.3) is 0 Å². The van der Waals surface area contributed by atoms with Gasteiger partial charge in [-0.15, -0.1) is 0 Å². The first-order chi connectivity index (χ1) is 8.06. The van der Waals surface area contributed by atoms with Crippen LogP contribution in [0.5, 0.6) is 0 Å². The minimum absolute atomic E-state index is 0.0170. The van der Waals surface area contributed by atoms with E-state index < -0.39 is 0 Å². The fraction of sp³-hybridized carbons (Fsp3) is 0.462. The number of hydrogen-bond donors (Lipinski definition) is 0. The van der Waals surface area contributed by atoms with E-state index in [1.165, 1.54) is 10.5 Å².